The summed E-state index contributed by atoms with van der Waals surface area (Å²) in [7, 11) is 1.74. The van der Waals surface area contributed by atoms with E-state index in [-0.39, 0.29) is 17.6 Å². The van der Waals surface area contributed by atoms with E-state index in [1.807, 2.05) is 13.0 Å². The Morgan fingerprint density at radius 2 is 2.19 bits per heavy atom. The van der Waals surface area contributed by atoms with Gasteiger partial charge in [0.1, 0.15) is 5.75 Å². The van der Waals surface area contributed by atoms with Crippen LogP contribution in [-0.2, 0) is 4.79 Å². The summed E-state index contributed by atoms with van der Waals surface area (Å²) in [6, 6.07) is 6.74. The fourth-order valence-corrected chi connectivity index (χ4v) is 1.72. The van der Waals surface area contributed by atoms with Crippen LogP contribution in [0.25, 0.3) is 0 Å². The van der Waals surface area contributed by atoms with Gasteiger partial charge in [0.2, 0.25) is 5.91 Å². The second-order valence-electron chi connectivity index (χ2n) is 4.11. The maximum absolute atomic E-state index is 12.0. The average molecular weight is 221 g/mol. The van der Waals surface area contributed by atoms with Crippen molar-refractivity contribution >= 4 is 11.6 Å². The van der Waals surface area contributed by atoms with Crippen LogP contribution in [-0.4, -0.2) is 18.1 Å². The van der Waals surface area contributed by atoms with Crippen molar-refractivity contribution in [3.8, 4) is 5.75 Å². The van der Waals surface area contributed by atoms with Crippen LogP contribution in [0.2, 0.25) is 0 Å². The van der Waals surface area contributed by atoms with Crippen LogP contribution in [0.4, 0.5) is 5.69 Å². The van der Waals surface area contributed by atoms with E-state index >= 15 is 0 Å². The van der Waals surface area contributed by atoms with E-state index in [1.165, 1.54) is 0 Å². The van der Waals surface area contributed by atoms with Crippen LogP contribution >= 0.6 is 0 Å². The Bertz CT molecular complexity index is 363. The first-order valence-corrected chi connectivity index (χ1v) is 5.62. The second kappa shape index (κ2) is 5.54. The van der Waals surface area contributed by atoms with Crippen LogP contribution in [0.5, 0.6) is 5.75 Å². The Morgan fingerprint density at radius 1 is 1.50 bits per heavy atom. The minimum Gasteiger partial charge on any atom is -0.508 e. The fourth-order valence-electron chi connectivity index (χ4n) is 1.72. The van der Waals surface area contributed by atoms with Gasteiger partial charge in [-0.25, -0.2) is 0 Å². The molecule has 1 unspecified atom stereocenters. The van der Waals surface area contributed by atoms with Gasteiger partial charge < -0.3 is 10.0 Å². The van der Waals surface area contributed by atoms with Crippen molar-refractivity contribution in [3.05, 3.63) is 24.3 Å². The van der Waals surface area contributed by atoms with Crippen molar-refractivity contribution in [2.75, 3.05) is 11.9 Å². The third-order valence-electron chi connectivity index (χ3n) is 2.69. The molecule has 3 heteroatoms. The summed E-state index contributed by atoms with van der Waals surface area (Å²) < 4.78 is 0. The third kappa shape index (κ3) is 2.99. The lowest BCUT2D eigenvalue weighted by Crippen LogP contribution is -2.31. The molecule has 1 aromatic rings. The van der Waals surface area contributed by atoms with Crippen molar-refractivity contribution in [2.45, 2.75) is 26.7 Å². The molecule has 0 spiro atoms. The quantitative estimate of drug-likeness (QED) is 0.849. The fraction of sp³-hybridized carbons (Fsp3) is 0.462. The second-order valence-corrected chi connectivity index (χ2v) is 4.11. The molecule has 1 rings (SSSR count). The zero-order chi connectivity index (χ0) is 12.1. The normalized spacial score (nSPS) is 12.2. The van der Waals surface area contributed by atoms with Gasteiger partial charge in [0.25, 0.3) is 0 Å². The molecule has 0 fully saturated rings. The number of carbonyl (C=O) groups is 1. The number of aromatic hydroxyl groups is 1. The van der Waals surface area contributed by atoms with Crippen LogP contribution in [0.1, 0.15) is 26.7 Å². The number of hydrogen-bond donors (Lipinski definition) is 1. The first-order chi connectivity index (χ1) is 7.56. The Morgan fingerprint density at radius 3 is 2.75 bits per heavy atom. The molecule has 0 saturated heterocycles. The molecule has 3 nitrogen and oxygen atoms in total. The number of hydrogen-bond acceptors (Lipinski definition) is 2. The Balaban J connectivity index is 2.77. The molecule has 88 valence electrons. The summed E-state index contributed by atoms with van der Waals surface area (Å²) in [5.74, 6) is 0.296. The van der Waals surface area contributed by atoms with Crippen molar-refractivity contribution in [1.29, 1.82) is 0 Å². The zero-order valence-electron chi connectivity index (χ0n) is 10.1. The van der Waals surface area contributed by atoms with E-state index in [4.69, 9.17) is 0 Å². The lowest BCUT2D eigenvalue weighted by Gasteiger charge is -2.21. The number of phenolic OH excluding ortho intramolecular Hbond substituents is 1. The molecule has 16 heavy (non-hydrogen) atoms. The third-order valence-corrected chi connectivity index (χ3v) is 2.69. The minimum absolute atomic E-state index is 0.0253. The number of amides is 1. The maximum atomic E-state index is 12.0. The highest BCUT2D eigenvalue weighted by Crippen LogP contribution is 2.21. The molecular weight excluding hydrogens is 202 g/mol. The number of benzene rings is 1. The van der Waals surface area contributed by atoms with Crippen molar-refractivity contribution in [1.82, 2.24) is 0 Å². The number of carbonyl (C=O) groups excluding carboxylic acids is 1. The average Bonchev–Trinajstić information content (AvgIpc) is 2.27. The molecule has 0 bridgehead atoms. The van der Waals surface area contributed by atoms with Gasteiger partial charge >= 0.3 is 0 Å². The smallest absolute Gasteiger partial charge is 0.229 e. The molecular formula is C13H19NO2. The predicted molar refractivity (Wildman–Crippen MR) is 65.6 cm³/mol. The minimum atomic E-state index is 0.0253. The zero-order valence-corrected chi connectivity index (χ0v) is 10.1. The molecule has 0 aliphatic rings. The summed E-state index contributed by atoms with van der Waals surface area (Å²) in [5, 5.41) is 9.35. The van der Waals surface area contributed by atoms with Gasteiger partial charge in [0.15, 0.2) is 0 Å². The van der Waals surface area contributed by atoms with Crippen molar-refractivity contribution < 1.29 is 9.90 Å². The van der Waals surface area contributed by atoms with Gasteiger partial charge in [0, 0.05) is 24.7 Å². The van der Waals surface area contributed by atoms with Gasteiger partial charge in [-0.05, 0) is 18.6 Å². The first-order valence-electron chi connectivity index (χ1n) is 5.62. The van der Waals surface area contributed by atoms with E-state index in [1.54, 1.807) is 30.1 Å². The highest BCUT2D eigenvalue weighted by atomic mass is 16.3. The lowest BCUT2D eigenvalue weighted by molar-refractivity contribution is -0.121. The summed E-state index contributed by atoms with van der Waals surface area (Å²) in [6.45, 7) is 4.00. The van der Waals surface area contributed by atoms with Gasteiger partial charge in [0.05, 0.1) is 0 Å². The largest absolute Gasteiger partial charge is 0.508 e. The summed E-state index contributed by atoms with van der Waals surface area (Å²) in [4.78, 5) is 13.6. The van der Waals surface area contributed by atoms with Crippen LogP contribution in [0.3, 0.4) is 0 Å². The summed E-state index contributed by atoms with van der Waals surface area (Å²) in [5.41, 5.74) is 0.730. The predicted octanol–water partition coefficient (Wildman–Crippen LogP) is 2.79. The van der Waals surface area contributed by atoms with Crippen molar-refractivity contribution in [3.63, 3.8) is 0 Å². The standard InChI is InChI=1S/C13H19NO2/c1-4-6-10(2)13(16)14(3)11-7-5-8-12(15)9-11/h5,7-10,15H,4,6H2,1-3H3. The van der Waals surface area contributed by atoms with Crippen molar-refractivity contribution in [2.24, 2.45) is 5.92 Å². The van der Waals surface area contributed by atoms with E-state index in [0.29, 0.717) is 0 Å². The van der Waals surface area contributed by atoms with Gasteiger partial charge in [-0.1, -0.05) is 26.3 Å². The van der Waals surface area contributed by atoms with Gasteiger partial charge in [-0.15, -0.1) is 0 Å². The van der Waals surface area contributed by atoms with E-state index in [2.05, 4.69) is 6.92 Å². The van der Waals surface area contributed by atoms with Gasteiger partial charge in [-0.3, -0.25) is 4.79 Å². The number of nitrogens with zero attached hydrogens (tertiary/aromatic N) is 1. The monoisotopic (exact) mass is 221 g/mol. The summed E-state index contributed by atoms with van der Waals surface area (Å²) >= 11 is 0. The Hall–Kier alpha value is -1.51. The van der Waals surface area contributed by atoms with Gasteiger partial charge in [-0.2, -0.15) is 0 Å². The molecule has 1 N–H and O–H groups in total. The number of anilines is 1. The highest BCUT2D eigenvalue weighted by molar-refractivity contribution is 5.94. The molecule has 1 atom stereocenters. The lowest BCUT2D eigenvalue weighted by atomic mass is 10.0. The molecule has 1 aromatic carbocycles. The topological polar surface area (TPSA) is 40.5 Å². The van der Waals surface area contributed by atoms with E-state index in [0.717, 1.165) is 18.5 Å². The highest BCUT2D eigenvalue weighted by Gasteiger charge is 2.17. The number of phenols is 1. The molecule has 0 aromatic heterocycles. The molecule has 0 saturated carbocycles. The maximum Gasteiger partial charge on any atom is 0.229 e. The number of rotatable bonds is 4. The summed E-state index contributed by atoms with van der Waals surface area (Å²) in [6.07, 6.45) is 1.89. The molecule has 0 aliphatic heterocycles. The molecule has 0 heterocycles. The van der Waals surface area contributed by atoms with E-state index < -0.39 is 0 Å². The van der Waals surface area contributed by atoms with Crippen LogP contribution < -0.4 is 4.90 Å². The molecule has 0 aliphatic carbocycles. The van der Waals surface area contributed by atoms with Crippen LogP contribution in [0.15, 0.2) is 24.3 Å². The first kappa shape index (κ1) is 12.6. The molecule has 0 radical (unpaired) electrons. The Kier molecular flexibility index (Phi) is 4.35. The van der Waals surface area contributed by atoms with E-state index in [9.17, 15) is 9.90 Å². The van der Waals surface area contributed by atoms with Crippen LogP contribution in [0, 0.1) is 5.92 Å². The Labute approximate surface area is 96.7 Å². The molecule has 1 amide bonds. The SMILES string of the molecule is CCCC(C)C(=O)N(C)c1cccc(O)c1.